The number of nitrogens with zero attached hydrogens (tertiary/aromatic N) is 2. The molecular weight excluding hydrogens is 320 g/mol. The number of hydrogen-bond donors (Lipinski definition) is 4. The molecule has 25 heavy (non-hydrogen) atoms. The summed E-state index contributed by atoms with van der Waals surface area (Å²) in [6.45, 7) is 2.85. The van der Waals surface area contributed by atoms with Crippen molar-refractivity contribution >= 4 is 16.7 Å². The number of H-pyrrole nitrogens is 1. The van der Waals surface area contributed by atoms with E-state index in [1.165, 1.54) is 11.6 Å². The SMILES string of the molecule is O=c1[nH]c2c(NC3CCN(CCO)CC3)c3c(nc2cc1O)CCC3. The number of aryl methyl sites for hydroxylation is 1. The molecule has 7 nitrogen and oxygen atoms in total. The van der Waals surface area contributed by atoms with Gasteiger partial charge in [0.15, 0.2) is 5.75 Å². The molecule has 2 aromatic rings. The van der Waals surface area contributed by atoms with Gasteiger partial charge in [0, 0.05) is 37.4 Å². The Balaban J connectivity index is 1.67. The highest BCUT2D eigenvalue weighted by Crippen LogP contribution is 2.34. The number of fused-ring (bicyclic) bond motifs is 2. The molecule has 1 fully saturated rings. The van der Waals surface area contributed by atoms with E-state index < -0.39 is 5.56 Å². The monoisotopic (exact) mass is 344 g/mol. The number of β-amino-alcohol motifs (C(OH)–C–C–N with tert-alkyl or cyclic N) is 1. The lowest BCUT2D eigenvalue weighted by Crippen LogP contribution is -2.40. The van der Waals surface area contributed by atoms with E-state index in [0.29, 0.717) is 17.1 Å². The summed E-state index contributed by atoms with van der Waals surface area (Å²) in [5, 5.41) is 22.5. The van der Waals surface area contributed by atoms with Crippen molar-refractivity contribution in [1.29, 1.82) is 0 Å². The third-order valence-electron chi connectivity index (χ3n) is 5.35. The van der Waals surface area contributed by atoms with Crippen LogP contribution in [0.5, 0.6) is 5.75 Å². The van der Waals surface area contributed by atoms with E-state index in [1.807, 2.05) is 0 Å². The Hall–Kier alpha value is -2.12. The van der Waals surface area contributed by atoms with Crippen LogP contribution in [0.4, 0.5) is 5.69 Å². The maximum Gasteiger partial charge on any atom is 0.290 e. The number of anilines is 1. The van der Waals surface area contributed by atoms with Crippen LogP contribution in [0.1, 0.15) is 30.5 Å². The van der Waals surface area contributed by atoms with Crippen LogP contribution in [-0.4, -0.2) is 57.4 Å². The van der Waals surface area contributed by atoms with Gasteiger partial charge in [-0.3, -0.25) is 9.78 Å². The Kier molecular flexibility index (Phi) is 4.35. The summed E-state index contributed by atoms with van der Waals surface area (Å²) in [7, 11) is 0. The summed E-state index contributed by atoms with van der Waals surface area (Å²) in [5.41, 5.74) is 4.10. The molecule has 0 atom stereocenters. The van der Waals surface area contributed by atoms with Gasteiger partial charge in [0.1, 0.15) is 0 Å². The highest BCUT2D eigenvalue weighted by atomic mass is 16.3. The normalized spacial score (nSPS) is 18.6. The predicted molar refractivity (Wildman–Crippen MR) is 96.2 cm³/mol. The summed E-state index contributed by atoms with van der Waals surface area (Å²) in [5.74, 6) is -0.291. The van der Waals surface area contributed by atoms with Gasteiger partial charge >= 0.3 is 0 Å². The van der Waals surface area contributed by atoms with Crippen LogP contribution >= 0.6 is 0 Å². The van der Waals surface area contributed by atoms with Crippen LogP contribution < -0.4 is 10.9 Å². The second-order valence-corrected chi connectivity index (χ2v) is 6.99. The van der Waals surface area contributed by atoms with Crippen LogP contribution in [0.15, 0.2) is 10.9 Å². The maximum atomic E-state index is 11.9. The molecule has 1 aliphatic carbocycles. The predicted octanol–water partition coefficient (Wildman–Crippen LogP) is 0.986. The number of pyridine rings is 2. The average molecular weight is 344 g/mol. The number of rotatable bonds is 4. The number of aliphatic hydroxyl groups excluding tert-OH is 1. The summed E-state index contributed by atoms with van der Waals surface area (Å²) in [6.07, 6.45) is 4.97. The lowest BCUT2D eigenvalue weighted by molar-refractivity contribution is 0.168. The van der Waals surface area contributed by atoms with E-state index >= 15 is 0 Å². The minimum Gasteiger partial charge on any atom is -0.503 e. The van der Waals surface area contributed by atoms with Gasteiger partial charge in [0.2, 0.25) is 0 Å². The first-order chi connectivity index (χ1) is 12.2. The Bertz CT molecular complexity index is 840. The highest BCUT2D eigenvalue weighted by molar-refractivity contribution is 5.91. The molecule has 0 radical (unpaired) electrons. The van der Waals surface area contributed by atoms with Gasteiger partial charge in [0.05, 0.1) is 23.3 Å². The fraction of sp³-hybridized carbons (Fsp3) is 0.556. The third kappa shape index (κ3) is 3.09. The van der Waals surface area contributed by atoms with Crippen molar-refractivity contribution in [3.63, 3.8) is 0 Å². The molecule has 4 N–H and O–H groups in total. The number of aromatic nitrogens is 2. The minimum absolute atomic E-state index is 0.200. The zero-order chi connectivity index (χ0) is 17.4. The molecule has 0 amide bonds. The van der Waals surface area contributed by atoms with Crippen molar-refractivity contribution in [3.8, 4) is 5.75 Å². The molecule has 0 bridgehead atoms. The number of piperidine rings is 1. The fourth-order valence-electron chi connectivity index (χ4n) is 4.01. The van der Waals surface area contributed by atoms with E-state index in [0.717, 1.165) is 63.1 Å². The van der Waals surface area contributed by atoms with Gasteiger partial charge in [-0.05, 0) is 37.7 Å². The molecule has 134 valence electrons. The number of hydrogen-bond acceptors (Lipinski definition) is 6. The van der Waals surface area contributed by atoms with Gasteiger partial charge in [-0.25, -0.2) is 0 Å². The summed E-state index contributed by atoms with van der Waals surface area (Å²) < 4.78 is 0. The van der Waals surface area contributed by atoms with Crippen LogP contribution in [0.2, 0.25) is 0 Å². The summed E-state index contributed by atoms with van der Waals surface area (Å²) >= 11 is 0. The van der Waals surface area contributed by atoms with E-state index in [1.54, 1.807) is 0 Å². The molecule has 0 saturated carbocycles. The quantitative estimate of drug-likeness (QED) is 0.660. The van der Waals surface area contributed by atoms with Gasteiger partial charge in [-0.2, -0.15) is 0 Å². The summed E-state index contributed by atoms with van der Waals surface area (Å²) in [4.78, 5) is 21.6. The van der Waals surface area contributed by atoms with Crippen LogP contribution in [0, 0.1) is 0 Å². The molecule has 0 aromatic carbocycles. The number of aromatic hydroxyl groups is 1. The van der Waals surface area contributed by atoms with Crippen LogP contribution in [0.3, 0.4) is 0 Å². The lowest BCUT2D eigenvalue weighted by Gasteiger charge is -2.33. The third-order valence-corrected chi connectivity index (χ3v) is 5.35. The molecule has 0 unspecified atom stereocenters. The Morgan fingerprint density at radius 1 is 1.32 bits per heavy atom. The van der Waals surface area contributed by atoms with Gasteiger partial charge in [-0.1, -0.05) is 0 Å². The molecular formula is C18H24N4O3. The summed E-state index contributed by atoms with van der Waals surface area (Å²) in [6, 6.07) is 1.80. The van der Waals surface area contributed by atoms with Gasteiger partial charge in [-0.15, -0.1) is 0 Å². The smallest absolute Gasteiger partial charge is 0.290 e. The van der Waals surface area contributed by atoms with Crippen molar-refractivity contribution in [1.82, 2.24) is 14.9 Å². The van der Waals surface area contributed by atoms with E-state index in [4.69, 9.17) is 5.11 Å². The molecule has 1 aliphatic heterocycles. The van der Waals surface area contributed by atoms with Crippen molar-refractivity contribution in [3.05, 3.63) is 27.7 Å². The number of likely N-dealkylation sites (tertiary alicyclic amines) is 1. The van der Waals surface area contributed by atoms with E-state index in [2.05, 4.69) is 20.2 Å². The largest absolute Gasteiger partial charge is 0.503 e. The number of aromatic amines is 1. The molecule has 7 heteroatoms. The first kappa shape index (κ1) is 16.4. The second kappa shape index (κ2) is 6.65. The van der Waals surface area contributed by atoms with Crippen molar-refractivity contribution < 1.29 is 10.2 Å². The number of aliphatic hydroxyl groups is 1. The van der Waals surface area contributed by atoms with E-state index in [9.17, 15) is 9.90 Å². The maximum absolute atomic E-state index is 11.9. The molecule has 1 saturated heterocycles. The molecule has 2 aromatic heterocycles. The van der Waals surface area contributed by atoms with Crippen molar-refractivity contribution in [2.24, 2.45) is 0 Å². The minimum atomic E-state index is -0.479. The first-order valence-corrected chi connectivity index (χ1v) is 9.03. The second-order valence-electron chi connectivity index (χ2n) is 6.99. The Morgan fingerprint density at radius 3 is 2.88 bits per heavy atom. The van der Waals surface area contributed by atoms with Gasteiger partial charge < -0.3 is 25.4 Å². The first-order valence-electron chi connectivity index (χ1n) is 9.03. The van der Waals surface area contributed by atoms with E-state index in [-0.39, 0.29) is 12.4 Å². The molecule has 3 heterocycles. The molecule has 4 rings (SSSR count). The standard InChI is InChI=1S/C18H24N4O3/c23-9-8-22-6-4-11(5-7-22)19-16-12-2-1-3-13(12)20-14-10-15(24)18(25)21-17(14)16/h10-11,23-24H,1-9H2,(H,19,20)(H,21,25). The Morgan fingerprint density at radius 2 is 2.12 bits per heavy atom. The van der Waals surface area contributed by atoms with Crippen molar-refractivity contribution in [2.75, 3.05) is 31.6 Å². The highest BCUT2D eigenvalue weighted by Gasteiger charge is 2.24. The van der Waals surface area contributed by atoms with Gasteiger partial charge in [0.25, 0.3) is 5.56 Å². The van der Waals surface area contributed by atoms with Crippen LogP contribution in [-0.2, 0) is 12.8 Å². The zero-order valence-corrected chi connectivity index (χ0v) is 14.2. The lowest BCUT2D eigenvalue weighted by atomic mass is 10.0. The fourth-order valence-corrected chi connectivity index (χ4v) is 4.01. The average Bonchev–Trinajstić information content (AvgIpc) is 3.06. The molecule has 0 spiro atoms. The Labute approximate surface area is 145 Å². The zero-order valence-electron chi connectivity index (χ0n) is 14.2. The topological polar surface area (TPSA) is 101 Å². The van der Waals surface area contributed by atoms with Crippen molar-refractivity contribution in [2.45, 2.75) is 38.1 Å². The van der Waals surface area contributed by atoms with Crippen LogP contribution in [0.25, 0.3) is 11.0 Å². The number of nitrogens with one attached hydrogen (secondary N) is 2. The molecule has 2 aliphatic rings.